The zero-order valence-corrected chi connectivity index (χ0v) is 21.2. The molecule has 0 bridgehead atoms. The molecular formula is C26H30N2O6S. The van der Waals surface area contributed by atoms with E-state index in [4.69, 9.17) is 14.2 Å². The van der Waals surface area contributed by atoms with Crippen molar-refractivity contribution in [3.05, 3.63) is 71.8 Å². The minimum Gasteiger partial charge on any atom is -0.497 e. The number of nitrogens with one attached hydrogen (secondary N) is 2. The normalized spacial score (nSPS) is 11.9. The summed E-state index contributed by atoms with van der Waals surface area (Å²) < 4.78 is 44.6. The fourth-order valence-electron chi connectivity index (χ4n) is 3.34. The first-order valence-corrected chi connectivity index (χ1v) is 12.5. The van der Waals surface area contributed by atoms with E-state index in [0.29, 0.717) is 29.4 Å². The quantitative estimate of drug-likeness (QED) is 0.411. The van der Waals surface area contributed by atoms with Crippen LogP contribution in [0.2, 0.25) is 0 Å². The summed E-state index contributed by atoms with van der Waals surface area (Å²) in [4.78, 5) is 12.8. The van der Waals surface area contributed by atoms with Gasteiger partial charge in [-0.05, 0) is 73.9 Å². The number of carbonyl (C=O) groups excluding carboxylic acids is 1. The molecule has 0 aliphatic carbocycles. The van der Waals surface area contributed by atoms with E-state index < -0.39 is 16.1 Å². The smallest absolute Gasteiger partial charge is 0.265 e. The van der Waals surface area contributed by atoms with Crippen molar-refractivity contribution in [3.8, 4) is 17.2 Å². The molecule has 0 fully saturated rings. The molecule has 3 rings (SSSR count). The summed E-state index contributed by atoms with van der Waals surface area (Å²) in [6, 6.07) is 16.5. The molecule has 0 aliphatic heterocycles. The minimum atomic E-state index is -3.89. The highest BCUT2D eigenvalue weighted by atomic mass is 32.2. The van der Waals surface area contributed by atoms with Gasteiger partial charge in [0.2, 0.25) is 0 Å². The molecule has 0 saturated heterocycles. The third-order valence-electron chi connectivity index (χ3n) is 5.36. The van der Waals surface area contributed by atoms with Crippen molar-refractivity contribution in [3.63, 3.8) is 0 Å². The topological polar surface area (TPSA) is 103 Å². The molecule has 0 spiro atoms. The van der Waals surface area contributed by atoms with E-state index in [9.17, 15) is 13.2 Å². The van der Waals surface area contributed by atoms with Crippen LogP contribution in [0.5, 0.6) is 17.2 Å². The molecule has 8 nitrogen and oxygen atoms in total. The number of benzene rings is 3. The van der Waals surface area contributed by atoms with Crippen molar-refractivity contribution in [1.29, 1.82) is 0 Å². The third-order valence-corrected chi connectivity index (χ3v) is 6.74. The molecule has 0 aliphatic rings. The Hall–Kier alpha value is -3.72. The molecule has 3 aromatic rings. The molecule has 1 amide bonds. The lowest BCUT2D eigenvalue weighted by Crippen LogP contribution is -2.32. The second kappa shape index (κ2) is 11.1. The van der Waals surface area contributed by atoms with Crippen molar-refractivity contribution >= 4 is 27.3 Å². The van der Waals surface area contributed by atoms with E-state index in [1.807, 2.05) is 39.0 Å². The number of aryl methyl sites for hydroxylation is 2. The average Bonchev–Trinajstić information content (AvgIpc) is 2.84. The second-order valence-electron chi connectivity index (χ2n) is 7.97. The maximum atomic E-state index is 12.9. The lowest BCUT2D eigenvalue weighted by atomic mass is 10.1. The summed E-state index contributed by atoms with van der Waals surface area (Å²) in [5, 5.41) is 2.79. The summed E-state index contributed by atoms with van der Waals surface area (Å²) >= 11 is 0. The van der Waals surface area contributed by atoms with Crippen LogP contribution in [0, 0.1) is 13.8 Å². The van der Waals surface area contributed by atoms with Gasteiger partial charge in [-0.25, -0.2) is 8.42 Å². The average molecular weight is 499 g/mol. The molecule has 2 N–H and O–H groups in total. The Morgan fingerprint density at radius 3 is 2.26 bits per heavy atom. The van der Waals surface area contributed by atoms with Crippen LogP contribution in [0.1, 0.15) is 24.5 Å². The van der Waals surface area contributed by atoms with Gasteiger partial charge >= 0.3 is 0 Å². The Balaban J connectivity index is 1.71. The Kier molecular flexibility index (Phi) is 8.24. The monoisotopic (exact) mass is 498 g/mol. The molecule has 1 atom stereocenters. The van der Waals surface area contributed by atoms with Crippen molar-refractivity contribution in [2.45, 2.75) is 38.2 Å². The Morgan fingerprint density at radius 2 is 1.63 bits per heavy atom. The van der Waals surface area contributed by atoms with Gasteiger partial charge < -0.3 is 19.5 Å². The third kappa shape index (κ3) is 6.45. The van der Waals surface area contributed by atoms with E-state index in [2.05, 4.69) is 10.0 Å². The molecule has 0 heterocycles. The molecule has 35 heavy (non-hydrogen) atoms. The molecular weight excluding hydrogens is 468 g/mol. The summed E-state index contributed by atoms with van der Waals surface area (Å²) in [7, 11) is -0.936. The van der Waals surface area contributed by atoms with Crippen molar-refractivity contribution in [2.75, 3.05) is 24.3 Å². The van der Waals surface area contributed by atoms with E-state index >= 15 is 0 Å². The van der Waals surface area contributed by atoms with Crippen LogP contribution in [-0.4, -0.2) is 34.6 Å². The number of ether oxygens (including phenoxy) is 3. The fraction of sp³-hybridized carbons (Fsp3) is 0.269. The summed E-state index contributed by atoms with van der Waals surface area (Å²) in [5.74, 6) is 1.21. The van der Waals surface area contributed by atoms with Crippen molar-refractivity contribution in [1.82, 2.24) is 0 Å². The standard InChI is InChI=1S/C26H30N2O6S/c1-6-23(34-24-15-17(2)7-8-18(24)3)26(29)27-19-9-12-21(13-10-19)35(30,31)28-22-14-11-20(32-4)16-25(22)33-5/h7-16,23,28H,6H2,1-5H3,(H,27,29)/t23-/m1/s1. The summed E-state index contributed by atoms with van der Waals surface area (Å²) in [5.41, 5.74) is 2.72. The molecule has 3 aromatic carbocycles. The van der Waals surface area contributed by atoms with Gasteiger partial charge in [0.1, 0.15) is 17.2 Å². The predicted molar refractivity (Wildman–Crippen MR) is 136 cm³/mol. The molecule has 186 valence electrons. The van der Waals surface area contributed by atoms with Crippen LogP contribution in [0.3, 0.4) is 0 Å². The van der Waals surface area contributed by atoms with Crippen LogP contribution in [0.25, 0.3) is 0 Å². The van der Waals surface area contributed by atoms with Gasteiger partial charge in [0.05, 0.1) is 24.8 Å². The van der Waals surface area contributed by atoms with Crippen molar-refractivity contribution < 1.29 is 27.4 Å². The molecule has 0 unspecified atom stereocenters. The number of anilines is 2. The molecule has 0 radical (unpaired) electrons. The van der Waals surface area contributed by atoms with Gasteiger partial charge in [-0.3, -0.25) is 9.52 Å². The van der Waals surface area contributed by atoms with Gasteiger partial charge in [0.15, 0.2) is 6.10 Å². The first-order chi connectivity index (χ1) is 16.7. The number of carbonyl (C=O) groups is 1. The van der Waals surface area contributed by atoms with Gasteiger partial charge in [-0.15, -0.1) is 0 Å². The van der Waals surface area contributed by atoms with Gasteiger partial charge in [0, 0.05) is 11.8 Å². The highest BCUT2D eigenvalue weighted by molar-refractivity contribution is 7.92. The Morgan fingerprint density at radius 1 is 0.914 bits per heavy atom. The highest BCUT2D eigenvalue weighted by Crippen LogP contribution is 2.31. The number of rotatable bonds is 10. The van der Waals surface area contributed by atoms with Crippen LogP contribution < -0.4 is 24.2 Å². The van der Waals surface area contributed by atoms with E-state index in [1.54, 1.807) is 18.2 Å². The molecule has 0 saturated carbocycles. The Bertz CT molecular complexity index is 1290. The van der Waals surface area contributed by atoms with Crippen LogP contribution in [0.4, 0.5) is 11.4 Å². The van der Waals surface area contributed by atoms with Gasteiger partial charge in [-0.2, -0.15) is 0 Å². The number of sulfonamides is 1. The van der Waals surface area contributed by atoms with Crippen LogP contribution >= 0.6 is 0 Å². The van der Waals surface area contributed by atoms with Crippen LogP contribution in [0.15, 0.2) is 65.6 Å². The van der Waals surface area contributed by atoms with Gasteiger partial charge in [-0.1, -0.05) is 19.1 Å². The maximum absolute atomic E-state index is 12.9. The van der Waals surface area contributed by atoms with Gasteiger partial charge in [0.25, 0.3) is 15.9 Å². The number of hydrogen-bond donors (Lipinski definition) is 2. The highest BCUT2D eigenvalue weighted by Gasteiger charge is 2.21. The summed E-state index contributed by atoms with van der Waals surface area (Å²) in [6.45, 7) is 5.75. The predicted octanol–water partition coefficient (Wildman–Crippen LogP) is 4.92. The SMILES string of the molecule is CC[C@@H](Oc1cc(C)ccc1C)C(=O)Nc1ccc(S(=O)(=O)Nc2ccc(OC)cc2OC)cc1. The molecule has 9 heteroatoms. The second-order valence-corrected chi connectivity index (χ2v) is 9.65. The number of hydrogen-bond acceptors (Lipinski definition) is 6. The zero-order chi connectivity index (χ0) is 25.6. The lowest BCUT2D eigenvalue weighted by molar-refractivity contribution is -0.122. The van der Waals surface area contributed by atoms with E-state index in [0.717, 1.165) is 11.1 Å². The van der Waals surface area contributed by atoms with E-state index in [1.165, 1.54) is 38.5 Å². The number of methoxy groups -OCH3 is 2. The summed E-state index contributed by atoms with van der Waals surface area (Å²) in [6.07, 6.45) is -0.220. The first kappa shape index (κ1) is 25.9. The van der Waals surface area contributed by atoms with Crippen LogP contribution in [-0.2, 0) is 14.8 Å². The Labute approximate surface area is 206 Å². The first-order valence-electron chi connectivity index (χ1n) is 11.1. The lowest BCUT2D eigenvalue weighted by Gasteiger charge is -2.19. The molecule has 0 aromatic heterocycles. The fourth-order valence-corrected chi connectivity index (χ4v) is 4.41. The van der Waals surface area contributed by atoms with Crippen molar-refractivity contribution in [2.24, 2.45) is 0 Å². The minimum absolute atomic E-state index is 0.0343. The number of amides is 1. The largest absolute Gasteiger partial charge is 0.497 e. The maximum Gasteiger partial charge on any atom is 0.265 e. The van der Waals surface area contributed by atoms with E-state index in [-0.39, 0.29) is 16.5 Å². The zero-order valence-electron chi connectivity index (χ0n) is 20.4.